The maximum absolute atomic E-state index is 16.0. The van der Waals surface area contributed by atoms with Gasteiger partial charge < -0.3 is 16.2 Å². The molecule has 0 aliphatic heterocycles. The zero-order chi connectivity index (χ0) is 39.0. The highest BCUT2D eigenvalue weighted by Gasteiger charge is 2.67. The molecule has 0 radical (unpaired) electrons. The number of alkyl halides is 4. The fraction of sp³-hybridized carbons (Fsp3) is 0.368. The molecule has 7 rings (SSSR count). The molecule has 2 aliphatic carbocycles. The normalized spacial score (nSPS) is 18.2. The summed E-state index contributed by atoms with van der Waals surface area (Å²) in [5.74, 6) is -4.54. The van der Waals surface area contributed by atoms with Gasteiger partial charge in [0.15, 0.2) is 5.82 Å². The number of primary amides is 1. The number of carbonyl (C=O) groups is 1. The third-order valence-corrected chi connectivity index (χ3v) is 10.1. The number of hydrogen-bond donors (Lipinski definition) is 3. The van der Waals surface area contributed by atoms with E-state index in [-0.39, 0.29) is 34.5 Å². The number of hydrogen-bond acceptors (Lipinski definition) is 6. The smallest absolute Gasteiger partial charge is 0.293 e. The van der Waals surface area contributed by atoms with E-state index in [9.17, 15) is 27.5 Å². The molecule has 4 N–H and O–H groups in total. The average Bonchev–Trinajstić information content (AvgIpc) is 3.60. The molecule has 282 valence electrons. The van der Waals surface area contributed by atoms with Crippen LogP contribution in [0.1, 0.15) is 85.4 Å². The Morgan fingerprint density at radius 2 is 1.80 bits per heavy atom. The first kappa shape index (κ1) is 37.3. The van der Waals surface area contributed by atoms with E-state index in [1.165, 1.54) is 19.9 Å². The van der Waals surface area contributed by atoms with Crippen molar-refractivity contribution < 1.29 is 36.2 Å². The summed E-state index contributed by atoms with van der Waals surface area (Å²) in [5, 5.41) is 22.9. The predicted molar refractivity (Wildman–Crippen MR) is 189 cm³/mol. The zero-order valence-electron chi connectivity index (χ0n) is 29.4. The Morgan fingerprint density at radius 3 is 2.43 bits per heavy atom. The van der Waals surface area contributed by atoms with Crippen LogP contribution in [-0.4, -0.2) is 47.7 Å². The van der Waals surface area contributed by atoms with Gasteiger partial charge in [-0.3, -0.25) is 9.48 Å². The van der Waals surface area contributed by atoms with Gasteiger partial charge in [-0.25, -0.2) is 27.2 Å². The lowest BCUT2D eigenvalue weighted by molar-refractivity contribution is -0.122. The summed E-state index contributed by atoms with van der Waals surface area (Å²) in [6, 6.07) is 7.09. The molecule has 1 saturated carbocycles. The van der Waals surface area contributed by atoms with Crippen molar-refractivity contribution in [2.75, 3.05) is 11.9 Å². The van der Waals surface area contributed by atoms with Crippen LogP contribution in [0.2, 0.25) is 5.02 Å². The zero-order valence-corrected chi connectivity index (χ0v) is 30.1. The van der Waals surface area contributed by atoms with Crippen LogP contribution in [0.5, 0.6) is 0 Å². The number of halogens is 7. The fourth-order valence-electron chi connectivity index (χ4n) is 7.60. The van der Waals surface area contributed by atoms with Crippen molar-refractivity contribution in [1.29, 1.82) is 0 Å². The molecule has 9 nitrogen and oxygen atoms in total. The fourth-order valence-corrected chi connectivity index (χ4v) is 7.85. The predicted octanol–water partition coefficient (Wildman–Crippen LogP) is 7.52. The molecule has 0 bridgehead atoms. The van der Waals surface area contributed by atoms with Gasteiger partial charge in [0.1, 0.15) is 40.4 Å². The van der Waals surface area contributed by atoms with Crippen molar-refractivity contribution in [3.63, 3.8) is 0 Å². The Hall–Kier alpha value is -5.07. The molecule has 1 fully saturated rings. The number of benzene rings is 2. The van der Waals surface area contributed by atoms with E-state index in [0.29, 0.717) is 44.6 Å². The lowest BCUT2D eigenvalue weighted by atomic mass is 9.84. The summed E-state index contributed by atoms with van der Waals surface area (Å²) in [7, 11) is 1.67. The van der Waals surface area contributed by atoms with Crippen molar-refractivity contribution in [3.05, 3.63) is 93.0 Å². The van der Waals surface area contributed by atoms with Gasteiger partial charge in [0, 0.05) is 48.2 Å². The Bertz CT molecular complexity index is 2370. The summed E-state index contributed by atoms with van der Waals surface area (Å²) in [4.78, 5) is 18.5. The molecule has 2 aliphatic rings. The molecule has 3 heterocycles. The molecule has 2 aromatic carbocycles. The number of nitrogens with one attached hydrogen (secondary N) is 1. The second-order valence-electron chi connectivity index (χ2n) is 14.2. The highest BCUT2D eigenvalue weighted by molar-refractivity contribution is 6.37. The molecular weight excluding hydrogens is 736 g/mol. The highest BCUT2D eigenvalue weighted by Crippen LogP contribution is 2.68. The first-order valence-corrected chi connectivity index (χ1v) is 17.5. The first-order valence-electron chi connectivity index (χ1n) is 17.1. The second kappa shape index (κ2) is 13.3. The van der Waals surface area contributed by atoms with Gasteiger partial charge in [-0.05, 0) is 81.3 Å². The van der Waals surface area contributed by atoms with Crippen molar-refractivity contribution >= 4 is 34.2 Å². The number of rotatable bonds is 10. The van der Waals surface area contributed by atoms with Crippen LogP contribution in [0.3, 0.4) is 0 Å². The van der Waals surface area contributed by atoms with Crippen molar-refractivity contribution in [2.24, 2.45) is 18.7 Å². The van der Waals surface area contributed by atoms with E-state index < -0.39 is 77.1 Å². The number of aliphatic hydroxyl groups is 1. The number of anilines is 1. The maximum Gasteiger partial charge on any atom is 0.293 e. The minimum atomic E-state index is -3.64. The third-order valence-electron chi connectivity index (χ3n) is 9.78. The SMILES string of the molecule is CCNc1nn(C)c2c(-c3ccc(C#CC(C)(C)O)nc3[C@@H](Cc3cc(F)cc(F)c3)C(C(N)=O)n3nc(C(F)F)c4c3C(F)(F)[C@@H]3C[C@H]43)ccc(Cl)c12. The summed E-state index contributed by atoms with van der Waals surface area (Å²) in [6.07, 6.45) is -3.74. The lowest BCUT2D eigenvalue weighted by Gasteiger charge is -2.29. The molecule has 1 amide bonds. The minimum Gasteiger partial charge on any atom is -0.378 e. The molecule has 5 aromatic rings. The number of aryl methyl sites for hydroxylation is 1. The van der Waals surface area contributed by atoms with E-state index in [1.54, 1.807) is 29.9 Å². The Kier molecular flexibility index (Phi) is 9.21. The summed E-state index contributed by atoms with van der Waals surface area (Å²) >= 11 is 6.69. The first-order chi connectivity index (χ1) is 25.4. The van der Waals surface area contributed by atoms with Crippen LogP contribution in [-0.2, 0) is 24.2 Å². The van der Waals surface area contributed by atoms with Crippen molar-refractivity contribution in [2.45, 2.75) is 69.4 Å². The standard InChI is InChI=1S/C38H34ClF6N7O2/c1-5-47-36-28-26(39)9-8-22(31(28)51(4)50-36)21-7-6-20(10-11-37(2,3)54)48-29(21)24(14-17-12-18(40)15-19(41)13-17)32(35(46)53)52-33-27(30(49-52)34(42)43)23-16-25(23)38(33,44)45/h6-9,12-13,15,23-25,32,34,54H,5,14,16H2,1-4H3,(H2,46,53)(H,47,50)/t23-,24+,25+,32?/m0/s1. The Morgan fingerprint density at radius 1 is 1.11 bits per heavy atom. The number of carbonyl (C=O) groups excluding carboxylic acids is 1. The molecule has 0 saturated heterocycles. The molecule has 54 heavy (non-hydrogen) atoms. The number of fused-ring (bicyclic) bond motifs is 4. The molecule has 0 spiro atoms. The molecule has 3 aromatic heterocycles. The number of nitrogens with two attached hydrogens (primary N) is 1. The highest BCUT2D eigenvalue weighted by atomic mass is 35.5. The van der Waals surface area contributed by atoms with E-state index in [1.807, 2.05) is 6.92 Å². The molecule has 4 atom stereocenters. The number of amides is 1. The topological polar surface area (TPSA) is 124 Å². The van der Waals surface area contributed by atoms with Gasteiger partial charge >= 0.3 is 0 Å². The van der Waals surface area contributed by atoms with Gasteiger partial charge in [0.25, 0.3) is 12.3 Å². The van der Waals surface area contributed by atoms with Crippen LogP contribution in [0.4, 0.5) is 32.2 Å². The molecule has 1 unspecified atom stereocenters. The minimum absolute atomic E-state index is 0.0184. The Labute approximate surface area is 310 Å². The van der Waals surface area contributed by atoms with Crippen LogP contribution >= 0.6 is 11.6 Å². The average molecular weight is 770 g/mol. The largest absolute Gasteiger partial charge is 0.378 e. The number of nitrogens with zero attached hydrogens (tertiary/aromatic N) is 5. The monoisotopic (exact) mass is 769 g/mol. The molecule has 16 heteroatoms. The van der Waals surface area contributed by atoms with Crippen LogP contribution in [0, 0.1) is 29.4 Å². The second-order valence-corrected chi connectivity index (χ2v) is 14.6. The van der Waals surface area contributed by atoms with Crippen molar-refractivity contribution in [1.82, 2.24) is 24.5 Å². The van der Waals surface area contributed by atoms with Crippen molar-refractivity contribution in [3.8, 4) is 23.0 Å². The Balaban J connectivity index is 1.55. The van der Waals surface area contributed by atoms with Gasteiger partial charge in [0.05, 0.1) is 21.6 Å². The number of aromatic nitrogens is 5. The quantitative estimate of drug-likeness (QED) is 0.0998. The summed E-state index contributed by atoms with van der Waals surface area (Å²) in [5.41, 5.74) is 3.75. The van der Waals surface area contributed by atoms with E-state index in [2.05, 4.69) is 27.4 Å². The summed E-state index contributed by atoms with van der Waals surface area (Å²) in [6.45, 7) is 5.26. The summed E-state index contributed by atoms with van der Waals surface area (Å²) < 4.78 is 92.6. The lowest BCUT2D eigenvalue weighted by Crippen LogP contribution is -2.37. The van der Waals surface area contributed by atoms with Crippen LogP contribution in [0.25, 0.3) is 22.0 Å². The third kappa shape index (κ3) is 6.45. The maximum atomic E-state index is 16.0. The van der Waals surface area contributed by atoms with Gasteiger partial charge in [-0.2, -0.15) is 19.0 Å². The van der Waals surface area contributed by atoms with Crippen LogP contribution < -0.4 is 11.1 Å². The van der Waals surface area contributed by atoms with E-state index in [0.717, 1.165) is 12.1 Å². The molecular formula is C38H34ClF6N7O2. The van der Waals surface area contributed by atoms with Crippen LogP contribution in [0.15, 0.2) is 42.5 Å². The van der Waals surface area contributed by atoms with Gasteiger partial charge in [-0.15, -0.1) is 0 Å². The number of pyridine rings is 1. The van der Waals surface area contributed by atoms with E-state index >= 15 is 8.78 Å². The van der Waals surface area contributed by atoms with E-state index in [4.69, 9.17) is 22.3 Å². The van der Waals surface area contributed by atoms with Gasteiger partial charge in [0.2, 0.25) is 5.91 Å². The van der Waals surface area contributed by atoms with Gasteiger partial charge in [-0.1, -0.05) is 23.6 Å².